The van der Waals surface area contributed by atoms with Gasteiger partial charge in [0.1, 0.15) is 0 Å². The van der Waals surface area contributed by atoms with Gasteiger partial charge in [-0.3, -0.25) is 0 Å². The lowest BCUT2D eigenvalue weighted by Gasteiger charge is -2.22. The summed E-state index contributed by atoms with van der Waals surface area (Å²) in [6.45, 7) is 7.01. The Morgan fingerprint density at radius 1 is 1.42 bits per heavy atom. The fourth-order valence-corrected chi connectivity index (χ4v) is 2.01. The summed E-state index contributed by atoms with van der Waals surface area (Å²) in [5.74, 6) is 0. The molecule has 0 saturated heterocycles. The largest absolute Gasteiger partial charge is 0.392 e. The van der Waals surface area contributed by atoms with Crippen molar-refractivity contribution >= 4 is 5.69 Å². The molecular formula is C15H26N2O2. The quantitative estimate of drug-likeness (QED) is 0.701. The predicted molar refractivity (Wildman–Crippen MR) is 79.7 cm³/mol. The van der Waals surface area contributed by atoms with Crippen molar-refractivity contribution in [2.75, 3.05) is 38.8 Å². The first-order valence-corrected chi connectivity index (χ1v) is 6.73. The lowest BCUT2D eigenvalue weighted by molar-refractivity contribution is 0.199. The van der Waals surface area contributed by atoms with E-state index in [4.69, 9.17) is 4.74 Å². The van der Waals surface area contributed by atoms with Gasteiger partial charge in [-0.2, -0.15) is 0 Å². The van der Waals surface area contributed by atoms with Crippen LogP contribution >= 0.6 is 0 Å². The molecule has 1 aromatic rings. The number of rotatable bonds is 8. The maximum Gasteiger partial charge on any atom is 0.0686 e. The SMILES string of the molecule is COCCNCc1ccc(N(C)CC(C)O)cc1C. The lowest BCUT2D eigenvalue weighted by atomic mass is 10.1. The van der Waals surface area contributed by atoms with E-state index in [0.717, 1.165) is 25.4 Å². The van der Waals surface area contributed by atoms with E-state index in [2.05, 4.69) is 35.3 Å². The van der Waals surface area contributed by atoms with Crippen molar-refractivity contribution in [3.8, 4) is 0 Å². The molecule has 1 rings (SSSR count). The maximum absolute atomic E-state index is 9.41. The average Bonchev–Trinajstić information content (AvgIpc) is 2.35. The van der Waals surface area contributed by atoms with Crippen LogP contribution in [0.4, 0.5) is 5.69 Å². The van der Waals surface area contributed by atoms with Crippen LogP contribution in [0.5, 0.6) is 0 Å². The Balaban J connectivity index is 2.58. The Morgan fingerprint density at radius 3 is 2.74 bits per heavy atom. The Morgan fingerprint density at radius 2 is 2.16 bits per heavy atom. The van der Waals surface area contributed by atoms with Crippen molar-refractivity contribution in [3.63, 3.8) is 0 Å². The molecule has 0 aliphatic heterocycles. The van der Waals surface area contributed by atoms with Crippen LogP contribution in [0, 0.1) is 6.92 Å². The van der Waals surface area contributed by atoms with Gasteiger partial charge in [0.15, 0.2) is 0 Å². The first-order chi connectivity index (χ1) is 9.04. The molecule has 0 aliphatic carbocycles. The number of benzene rings is 1. The van der Waals surface area contributed by atoms with Gasteiger partial charge in [-0.1, -0.05) is 6.07 Å². The molecule has 2 N–H and O–H groups in total. The summed E-state index contributed by atoms with van der Waals surface area (Å²) in [7, 11) is 3.71. The fraction of sp³-hybridized carbons (Fsp3) is 0.600. The summed E-state index contributed by atoms with van der Waals surface area (Å²) in [4.78, 5) is 2.07. The highest BCUT2D eigenvalue weighted by atomic mass is 16.5. The van der Waals surface area contributed by atoms with Crippen LogP contribution in [0.25, 0.3) is 0 Å². The van der Waals surface area contributed by atoms with Crippen molar-refractivity contribution in [3.05, 3.63) is 29.3 Å². The third kappa shape index (κ3) is 5.59. The molecule has 0 aromatic heterocycles. The minimum atomic E-state index is -0.319. The van der Waals surface area contributed by atoms with Crippen molar-refractivity contribution in [2.45, 2.75) is 26.5 Å². The monoisotopic (exact) mass is 266 g/mol. The van der Waals surface area contributed by atoms with Gasteiger partial charge in [0.2, 0.25) is 0 Å². The Bertz CT molecular complexity index is 380. The number of aliphatic hydroxyl groups is 1. The van der Waals surface area contributed by atoms with E-state index in [1.165, 1.54) is 11.1 Å². The number of hydrogen-bond acceptors (Lipinski definition) is 4. The molecule has 19 heavy (non-hydrogen) atoms. The van der Waals surface area contributed by atoms with Gasteiger partial charge in [-0.15, -0.1) is 0 Å². The number of methoxy groups -OCH3 is 1. The Hall–Kier alpha value is -1.10. The third-order valence-electron chi connectivity index (χ3n) is 3.10. The number of nitrogens with one attached hydrogen (secondary N) is 1. The van der Waals surface area contributed by atoms with Crippen molar-refractivity contribution in [2.24, 2.45) is 0 Å². The molecule has 0 heterocycles. The minimum absolute atomic E-state index is 0.319. The number of nitrogens with zero attached hydrogens (tertiary/aromatic N) is 1. The molecule has 1 unspecified atom stereocenters. The number of likely N-dealkylation sites (N-methyl/N-ethyl adjacent to an activating group) is 1. The second-order valence-corrected chi connectivity index (χ2v) is 5.01. The molecule has 0 fully saturated rings. The molecule has 4 nitrogen and oxygen atoms in total. The number of anilines is 1. The maximum atomic E-state index is 9.41. The number of aryl methyl sites for hydroxylation is 1. The summed E-state index contributed by atoms with van der Waals surface area (Å²) in [6, 6.07) is 6.40. The minimum Gasteiger partial charge on any atom is -0.392 e. The van der Waals surface area contributed by atoms with Crippen LogP contribution < -0.4 is 10.2 Å². The molecule has 0 spiro atoms. The highest BCUT2D eigenvalue weighted by Crippen LogP contribution is 2.18. The predicted octanol–water partition coefficient (Wildman–Crippen LogP) is 1.55. The Kier molecular flexibility index (Phi) is 6.84. The summed E-state index contributed by atoms with van der Waals surface area (Å²) >= 11 is 0. The number of aliphatic hydroxyl groups excluding tert-OH is 1. The second-order valence-electron chi connectivity index (χ2n) is 5.01. The second kappa shape index (κ2) is 8.15. The molecular weight excluding hydrogens is 240 g/mol. The van der Waals surface area contributed by atoms with Crippen LogP contribution in [0.2, 0.25) is 0 Å². The normalized spacial score (nSPS) is 12.5. The topological polar surface area (TPSA) is 44.7 Å². The fourth-order valence-electron chi connectivity index (χ4n) is 2.01. The molecule has 0 amide bonds. The van der Waals surface area contributed by atoms with Gasteiger partial charge < -0.3 is 20.1 Å². The van der Waals surface area contributed by atoms with Gasteiger partial charge in [0, 0.05) is 39.5 Å². The van der Waals surface area contributed by atoms with Crippen molar-refractivity contribution in [1.82, 2.24) is 5.32 Å². The molecule has 1 atom stereocenters. The first-order valence-electron chi connectivity index (χ1n) is 6.73. The average molecular weight is 266 g/mol. The van der Waals surface area contributed by atoms with Gasteiger partial charge in [0.05, 0.1) is 12.7 Å². The van der Waals surface area contributed by atoms with Crippen LogP contribution in [0.1, 0.15) is 18.1 Å². The van der Waals surface area contributed by atoms with E-state index in [0.29, 0.717) is 6.54 Å². The van der Waals surface area contributed by atoms with Crippen LogP contribution in [-0.4, -0.2) is 45.1 Å². The summed E-state index contributed by atoms with van der Waals surface area (Å²) in [6.07, 6.45) is -0.319. The highest BCUT2D eigenvalue weighted by Gasteiger charge is 2.06. The number of ether oxygens (including phenoxy) is 1. The van der Waals surface area contributed by atoms with Crippen LogP contribution in [-0.2, 0) is 11.3 Å². The van der Waals surface area contributed by atoms with E-state index in [1.54, 1.807) is 14.0 Å². The molecule has 0 bridgehead atoms. The highest BCUT2D eigenvalue weighted by molar-refractivity contribution is 5.50. The zero-order valence-electron chi connectivity index (χ0n) is 12.4. The van der Waals surface area contributed by atoms with E-state index in [-0.39, 0.29) is 6.10 Å². The molecule has 4 heteroatoms. The van der Waals surface area contributed by atoms with Gasteiger partial charge in [0.25, 0.3) is 0 Å². The summed E-state index contributed by atoms with van der Waals surface area (Å²) in [5, 5.41) is 12.8. The van der Waals surface area contributed by atoms with Gasteiger partial charge >= 0.3 is 0 Å². The summed E-state index contributed by atoms with van der Waals surface area (Å²) in [5.41, 5.74) is 3.70. The zero-order chi connectivity index (χ0) is 14.3. The smallest absolute Gasteiger partial charge is 0.0686 e. The first kappa shape index (κ1) is 16.0. The van der Waals surface area contributed by atoms with Crippen LogP contribution in [0.3, 0.4) is 0 Å². The molecule has 1 aromatic carbocycles. The standard InChI is InChI=1S/C15H26N2O2/c1-12-9-15(17(3)11-13(2)18)6-5-14(12)10-16-7-8-19-4/h5-6,9,13,16,18H,7-8,10-11H2,1-4H3. The molecule has 0 saturated carbocycles. The number of hydrogen-bond donors (Lipinski definition) is 2. The van der Waals surface area contributed by atoms with E-state index in [1.807, 2.05) is 7.05 Å². The van der Waals surface area contributed by atoms with Crippen molar-refractivity contribution < 1.29 is 9.84 Å². The van der Waals surface area contributed by atoms with Gasteiger partial charge in [-0.05, 0) is 37.1 Å². The Labute approximate surface area is 116 Å². The molecule has 108 valence electrons. The van der Waals surface area contributed by atoms with E-state index < -0.39 is 0 Å². The third-order valence-corrected chi connectivity index (χ3v) is 3.10. The van der Waals surface area contributed by atoms with Gasteiger partial charge in [-0.25, -0.2) is 0 Å². The molecule has 0 aliphatic rings. The van der Waals surface area contributed by atoms with E-state index in [9.17, 15) is 5.11 Å². The zero-order valence-corrected chi connectivity index (χ0v) is 12.4. The molecule has 0 radical (unpaired) electrons. The summed E-state index contributed by atoms with van der Waals surface area (Å²) < 4.78 is 5.00. The van der Waals surface area contributed by atoms with Crippen LogP contribution in [0.15, 0.2) is 18.2 Å². The van der Waals surface area contributed by atoms with E-state index >= 15 is 0 Å². The van der Waals surface area contributed by atoms with Crippen molar-refractivity contribution in [1.29, 1.82) is 0 Å². The lowest BCUT2D eigenvalue weighted by Crippen LogP contribution is -2.27.